The van der Waals surface area contributed by atoms with Crippen molar-refractivity contribution < 1.29 is 9.59 Å². The fourth-order valence-corrected chi connectivity index (χ4v) is 4.06. The molecule has 0 spiro atoms. The summed E-state index contributed by atoms with van der Waals surface area (Å²) in [5, 5.41) is 0.923. The number of hydrogen-bond acceptors (Lipinski definition) is 3. The Labute approximate surface area is 158 Å². The fourth-order valence-electron chi connectivity index (χ4n) is 4.06. The predicted molar refractivity (Wildman–Crippen MR) is 105 cm³/mol. The molecule has 1 aromatic heterocycles. The van der Waals surface area contributed by atoms with Crippen LogP contribution in [-0.4, -0.2) is 34.7 Å². The Hall–Kier alpha value is -2.92. The van der Waals surface area contributed by atoms with E-state index in [0.717, 1.165) is 35.9 Å². The number of carbonyl (C=O) groups is 2. The first-order valence-corrected chi connectivity index (χ1v) is 9.34. The van der Waals surface area contributed by atoms with Gasteiger partial charge in [0.15, 0.2) is 5.78 Å². The highest BCUT2D eigenvalue weighted by atomic mass is 16.1. The maximum atomic E-state index is 13.6. The van der Waals surface area contributed by atoms with E-state index in [0.29, 0.717) is 12.1 Å². The predicted octanol–water partition coefficient (Wildman–Crippen LogP) is 3.29. The van der Waals surface area contributed by atoms with Crippen LogP contribution in [0, 0.1) is 5.92 Å². The minimum Gasteiger partial charge on any atom is -0.369 e. The van der Waals surface area contributed by atoms with Crippen LogP contribution in [0.25, 0.3) is 10.9 Å². The summed E-state index contributed by atoms with van der Waals surface area (Å²) >= 11 is 0. The molecule has 0 bridgehead atoms. The summed E-state index contributed by atoms with van der Waals surface area (Å²) < 4.78 is 0. The van der Waals surface area contributed by atoms with Crippen LogP contribution in [0.4, 0.5) is 0 Å². The molecule has 1 saturated heterocycles. The molecule has 5 nitrogen and oxygen atoms in total. The highest BCUT2D eigenvalue weighted by Crippen LogP contribution is 2.32. The maximum Gasteiger partial charge on any atom is 0.221 e. The van der Waals surface area contributed by atoms with Crippen LogP contribution in [0.1, 0.15) is 34.8 Å². The number of likely N-dealkylation sites (tertiary alicyclic amines) is 1. The number of benzene rings is 2. The van der Waals surface area contributed by atoms with Crippen molar-refractivity contribution in [2.24, 2.45) is 11.7 Å². The molecule has 5 heteroatoms. The number of Topliss-reactive ketones (excluding diaryl/α,β-unsaturated/α-hetero) is 1. The summed E-state index contributed by atoms with van der Waals surface area (Å²) in [6.45, 7) is 1.29. The number of aromatic amines is 1. The molecular formula is C22H23N3O2. The normalized spacial score (nSPS) is 19.0. The van der Waals surface area contributed by atoms with E-state index in [1.54, 1.807) is 6.20 Å². The Morgan fingerprint density at radius 1 is 1.07 bits per heavy atom. The number of nitrogens with two attached hydrogens (primary N) is 1. The lowest BCUT2D eigenvalue weighted by Crippen LogP contribution is -2.45. The molecule has 2 atom stereocenters. The first-order valence-electron chi connectivity index (χ1n) is 9.34. The molecule has 0 aliphatic carbocycles. The lowest BCUT2D eigenvalue weighted by Gasteiger charge is -2.36. The number of aromatic nitrogens is 1. The van der Waals surface area contributed by atoms with Crippen LogP contribution in [0.2, 0.25) is 0 Å². The maximum absolute atomic E-state index is 13.6. The molecule has 1 aliphatic heterocycles. The van der Waals surface area contributed by atoms with Gasteiger partial charge in [0.05, 0.1) is 12.0 Å². The number of primary amides is 1. The van der Waals surface area contributed by atoms with Crippen molar-refractivity contribution in [1.29, 1.82) is 0 Å². The Morgan fingerprint density at radius 2 is 1.81 bits per heavy atom. The summed E-state index contributed by atoms with van der Waals surface area (Å²) in [6, 6.07) is 17.2. The highest BCUT2D eigenvalue weighted by molar-refractivity contribution is 6.10. The fraction of sp³-hybridized carbons (Fsp3) is 0.273. The molecule has 3 N–H and O–H groups in total. The molecule has 4 rings (SSSR count). The van der Waals surface area contributed by atoms with Crippen LogP contribution in [-0.2, 0) is 4.79 Å². The van der Waals surface area contributed by atoms with E-state index in [1.807, 2.05) is 54.6 Å². The van der Waals surface area contributed by atoms with Gasteiger partial charge in [-0.25, -0.2) is 0 Å². The Morgan fingerprint density at radius 3 is 2.59 bits per heavy atom. The number of carbonyl (C=O) groups excluding carboxylic acids is 2. The number of nitrogens with zero attached hydrogens (tertiary/aromatic N) is 1. The second-order valence-corrected chi connectivity index (χ2v) is 7.16. The topological polar surface area (TPSA) is 79.2 Å². The van der Waals surface area contributed by atoms with Crippen molar-refractivity contribution in [3.63, 3.8) is 0 Å². The minimum atomic E-state index is -0.424. The largest absolute Gasteiger partial charge is 0.369 e. The zero-order valence-electron chi connectivity index (χ0n) is 15.1. The Kier molecular flexibility index (Phi) is 4.77. The van der Waals surface area contributed by atoms with Crippen LogP contribution >= 0.6 is 0 Å². The molecule has 138 valence electrons. The lowest BCUT2D eigenvalue weighted by atomic mass is 9.90. The van der Waals surface area contributed by atoms with Gasteiger partial charge in [-0.2, -0.15) is 0 Å². The molecule has 1 aliphatic rings. The van der Waals surface area contributed by atoms with Crippen molar-refractivity contribution in [2.75, 3.05) is 13.1 Å². The number of amides is 1. The van der Waals surface area contributed by atoms with E-state index in [9.17, 15) is 9.59 Å². The highest BCUT2D eigenvalue weighted by Gasteiger charge is 2.34. The van der Waals surface area contributed by atoms with Gasteiger partial charge in [-0.05, 0) is 31.0 Å². The van der Waals surface area contributed by atoms with Crippen molar-refractivity contribution >= 4 is 22.6 Å². The Bertz CT molecular complexity index is 964. The second kappa shape index (κ2) is 7.37. The first-order chi connectivity index (χ1) is 13.1. The van der Waals surface area contributed by atoms with Gasteiger partial charge in [-0.1, -0.05) is 48.5 Å². The number of rotatable bonds is 5. The number of H-pyrrole nitrogens is 1. The molecule has 1 amide bonds. The van der Waals surface area contributed by atoms with E-state index in [2.05, 4.69) is 9.88 Å². The molecule has 2 aromatic carbocycles. The summed E-state index contributed by atoms with van der Waals surface area (Å²) in [7, 11) is 0. The van der Waals surface area contributed by atoms with Crippen LogP contribution in [0.15, 0.2) is 60.8 Å². The van der Waals surface area contributed by atoms with Crippen molar-refractivity contribution in [3.8, 4) is 0 Å². The third-order valence-electron chi connectivity index (χ3n) is 5.44. The molecule has 3 aromatic rings. The minimum absolute atomic E-state index is 0.0452. The average molecular weight is 361 g/mol. The van der Waals surface area contributed by atoms with E-state index in [4.69, 9.17) is 5.73 Å². The van der Waals surface area contributed by atoms with Gasteiger partial charge in [0.2, 0.25) is 5.91 Å². The molecule has 27 heavy (non-hydrogen) atoms. The van der Waals surface area contributed by atoms with E-state index in [-0.39, 0.29) is 17.6 Å². The van der Waals surface area contributed by atoms with Crippen molar-refractivity contribution in [2.45, 2.75) is 18.9 Å². The van der Waals surface area contributed by atoms with Gasteiger partial charge in [-0.3, -0.25) is 14.5 Å². The number of ketones is 1. The summed E-state index contributed by atoms with van der Waals surface area (Å²) in [5.74, 6) is -0.449. The molecule has 0 saturated carbocycles. The van der Waals surface area contributed by atoms with Crippen LogP contribution < -0.4 is 5.73 Å². The standard InChI is InChI=1S/C22H23N3O2/c23-22(27)16-9-6-12-25(14-16)20(15-7-2-1-3-8-15)21(26)18-13-24-19-11-5-4-10-17(18)19/h1-5,7-8,10-11,13,16,20,24H,6,9,12,14H2,(H2,23,27)/t16-,20+/m0/s1. The smallest absolute Gasteiger partial charge is 0.221 e. The van der Waals surface area contributed by atoms with Crippen LogP contribution in [0.5, 0.6) is 0 Å². The number of para-hydroxylation sites is 1. The summed E-state index contributed by atoms with van der Waals surface area (Å²) in [6.07, 6.45) is 3.44. The second-order valence-electron chi connectivity index (χ2n) is 7.16. The average Bonchev–Trinajstić information content (AvgIpc) is 3.13. The zero-order valence-corrected chi connectivity index (χ0v) is 15.1. The zero-order chi connectivity index (χ0) is 18.8. The summed E-state index contributed by atoms with van der Waals surface area (Å²) in [4.78, 5) is 30.7. The van der Waals surface area contributed by atoms with Gasteiger partial charge >= 0.3 is 0 Å². The van der Waals surface area contributed by atoms with Gasteiger partial charge in [0.1, 0.15) is 0 Å². The third-order valence-corrected chi connectivity index (χ3v) is 5.44. The molecular weight excluding hydrogens is 338 g/mol. The molecule has 0 unspecified atom stereocenters. The Balaban J connectivity index is 1.74. The number of nitrogens with one attached hydrogen (secondary N) is 1. The van der Waals surface area contributed by atoms with Gasteiger partial charge in [0.25, 0.3) is 0 Å². The monoisotopic (exact) mass is 361 g/mol. The SMILES string of the molecule is NC(=O)[C@H]1CCCN([C@@H](C(=O)c2c[nH]c3ccccc23)c2ccccc2)C1. The lowest BCUT2D eigenvalue weighted by molar-refractivity contribution is -0.123. The number of fused-ring (bicyclic) bond motifs is 1. The summed E-state index contributed by atoms with van der Waals surface area (Å²) in [5.41, 5.74) is 8.13. The molecule has 2 heterocycles. The van der Waals surface area contributed by atoms with E-state index >= 15 is 0 Å². The van der Waals surface area contributed by atoms with Crippen molar-refractivity contribution in [3.05, 3.63) is 71.9 Å². The molecule has 1 fully saturated rings. The number of piperidine rings is 1. The van der Waals surface area contributed by atoms with E-state index in [1.165, 1.54) is 0 Å². The number of hydrogen-bond donors (Lipinski definition) is 2. The quantitative estimate of drug-likeness (QED) is 0.685. The third kappa shape index (κ3) is 3.38. The van der Waals surface area contributed by atoms with Crippen LogP contribution in [0.3, 0.4) is 0 Å². The molecule has 0 radical (unpaired) electrons. The first kappa shape index (κ1) is 17.5. The van der Waals surface area contributed by atoms with Crippen molar-refractivity contribution in [1.82, 2.24) is 9.88 Å². The van der Waals surface area contributed by atoms with E-state index < -0.39 is 6.04 Å². The van der Waals surface area contributed by atoms with Gasteiger partial charge < -0.3 is 10.7 Å². The van der Waals surface area contributed by atoms with Gasteiger partial charge in [-0.15, -0.1) is 0 Å². The van der Waals surface area contributed by atoms with Gasteiger partial charge in [0, 0.05) is 29.2 Å².